The molecule has 0 heterocycles. The zero-order valence-electron chi connectivity index (χ0n) is 17.5. The summed E-state index contributed by atoms with van der Waals surface area (Å²) in [5, 5.41) is 14.0. The van der Waals surface area contributed by atoms with E-state index in [1.165, 1.54) is 31.4 Å². The zero-order chi connectivity index (χ0) is 23.1. The van der Waals surface area contributed by atoms with Crippen LogP contribution >= 0.6 is 11.6 Å². The summed E-state index contributed by atoms with van der Waals surface area (Å²) >= 11 is 5.86. The third-order valence-corrected chi connectivity index (χ3v) is 7.04. The predicted molar refractivity (Wildman–Crippen MR) is 123 cm³/mol. The molecule has 0 aliphatic heterocycles. The van der Waals surface area contributed by atoms with Crippen LogP contribution in [0.3, 0.4) is 0 Å². The molecule has 0 spiro atoms. The molecule has 0 amide bonds. The Labute approximate surface area is 192 Å². The van der Waals surface area contributed by atoms with Gasteiger partial charge in [-0.2, -0.15) is 0 Å². The minimum atomic E-state index is -3.69. The van der Waals surface area contributed by atoms with Crippen molar-refractivity contribution in [3.05, 3.63) is 94.5 Å². The van der Waals surface area contributed by atoms with Crippen LogP contribution in [0.5, 0.6) is 0 Å². The van der Waals surface area contributed by atoms with Crippen molar-refractivity contribution in [3.8, 4) is 0 Å². The first-order chi connectivity index (χ1) is 15.3. The van der Waals surface area contributed by atoms with E-state index in [9.17, 15) is 18.3 Å². The average molecular weight is 474 g/mol. The highest BCUT2D eigenvalue weighted by Crippen LogP contribution is 2.22. The second kappa shape index (κ2) is 10.7. The first kappa shape index (κ1) is 23.9. The Balaban J connectivity index is 1.55. The fraction of sp³-hybridized carbons (Fsp3) is 0.208. The van der Waals surface area contributed by atoms with Gasteiger partial charge in [-0.15, -0.1) is 0 Å². The second-order valence-electron chi connectivity index (χ2n) is 7.18. The fourth-order valence-electron chi connectivity index (χ4n) is 3.13. The maximum Gasteiger partial charge on any atom is 0.337 e. The number of methoxy groups -OCH3 is 1. The van der Waals surface area contributed by atoms with E-state index < -0.39 is 21.9 Å². The Morgan fingerprint density at radius 2 is 1.53 bits per heavy atom. The SMILES string of the molecule is COC(=O)c1ccc(S(=O)(=O)c2ccc(CCNC[C@@H](O)c3ccc(Cl)cc3)cc2)cc1. The number of hydrogen-bond donors (Lipinski definition) is 2. The Hall–Kier alpha value is -2.71. The van der Waals surface area contributed by atoms with E-state index in [1.807, 2.05) is 0 Å². The maximum atomic E-state index is 12.8. The van der Waals surface area contributed by atoms with Crippen molar-refractivity contribution in [1.82, 2.24) is 5.32 Å². The minimum absolute atomic E-state index is 0.107. The summed E-state index contributed by atoms with van der Waals surface area (Å²) in [5.41, 5.74) is 2.05. The molecule has 32 heavy (non-hydrogen) atoms. The summed E-state index contributed by atoms with van der Waals surface area (Å²) < 4.78 is 30.3. The first-order valence-corrected chi connectivity index (χ1v) is 11.8. The quantitative estimate of drug-likeness (QED) is 0.362. The van der Waals surface area contributed by atoms with Crippen LogP contribution in [0.1, 0.15) is 27.6 Å². The Morgan fingerprint density at radius 3 is 2.09 bits per heavy atom. The second-order valence-corrected chi connectivity index (χ2v) is 9.57. The topological polar surface area (TPSA) is 92.7 Å². The molecule has 2 N–H and O–H groups in total. The smallest absolute Gasteiger partial charge is 0.337 e. The molecule has 0 saturated carbocycles. The summed E-state index contributed by atoms with van der Waals surface area (Å²) in [7, 11) is -2.42. The van der Waals surface area contributed by atoms with Gasteiger partial charge < -0.3 is 15.2 Å². The molecule has 0 unspecified atom stereocenters. The highest BCUT2D eigenvalue weighted by molar-refractivity contribution is 7.91. The van der Waals surface area contributed by atoms with Crippen molar-refractivity contribution in [3.63, 3.8) is 0 Å². The van der Waals surface area contributed by atoms with Crippen LogP contribution in [-0.4, -0.2) is 39.7 Å². The number of nitrogens with one attached hydrogen (secondary N) is 1. The van der Waals surface area contributed by atoms with Crippen molar-refractivity contribution in [2.75, 3.05) is 20.2 Å². The maximum absolute atomic E-state index is 12.8. The number of hydrogen-bond acceptors (Lipinski definition) is 6. The zero-order valence-corrected chi connectivity index (χ0v) is 19.1. The molecule has 3 aromatic rings. The molecule has 8 heteroatoms. The third kappa shape index (κ3) is 5.95. The third-order valence-electron chi connectivity index (χ3n) is 5.00. The van der Waals surface area contributed by atoms with Crippen molar-refractivity contribution in [2.24, 2.45) is 0 Å². The van der Waals surface area contributed by atoms with Crippen molar-refractivity contribution < 1.29 is 23.1 Å². The van der Waals surface area contributed by atoms with Gasteiger partial charge in [0.2, 0.25) is 9.84 Å². The lowest BCUT2D eigenvalue weighted by Crippen LogP contribution is -2.23. The van der Waals surface area contributed by atoms with E-state index in [2.05, 4.69) is 10.1 Å². The average Bonchev–Trinajstić information content (AvgIpc) is 2.82. The van der Waals surface area contributed by atoms with E-state index in [0.29, 0.717) is 24.5 Å². The number of carbonyl (C=O) groups is 1. The lowest BCUT2D eigenvalue weighted by Gasteiger charge is -2.12. The molecule has 0 bridgehead atoms. The summed E-state index contributed by atoms with van der Waals surface area (Å²) in [6.07, 6.45) is 0.0481. The normalized spacial score (nSPS) is 12.3. The van der Waals surface area contributed by atoms with Gasteiger partial charge in [-0.1, -0.05) is 35.9 Å². The molecule has 168 valence electrons. The number of carbonyl (C=O) groups excluding carboxylic acids is 1. The molecule has 0 saturated heterocycles. The summed E-state index contributed by atoms with van der Waals surface area (Å²) in [4.78, 5) is 11.8. The number of rotatable bonds is 9. The molecule has 0 radical (unpaired) electrons. The molecule has 3 aromatic carbocycles. The molecule has 0 fully saturated rings. The van der Waals surface area contributed by atoms with Gasteiger partial charge in [0.15, 0.2) is 0 Å². The minimum Gasteiger partial charge on any atom is -0.465 e. The van der Waals surface area contributed by atoms with E-state index >= 15 is 0 Å². The Bertz CT molecular complexity index is 1140. The molecule has 0 aromatic heterocycles. The van der Waals surface area contributed by atoms with Crippen molar-refractivity contribution >= 4 is 27.4 Å². The van der Waals surface area contributed by atoms with Crippen molar-refractivity contribution in [1.29, 1.82) is 0 Å². The van der Waals surface area contributed by atoms with E-state index in [0.717, 1.165) is 11.1 Å². The number of ether oxygens (including phenoxy) is 1. The summed E-state index contributed by atoms with van der Waals surface area (Å²) in [6, 6.07) is 19.4. The standard InChI is InChI=1S/C24H24ClNO5S/c1-31-24(28)19-6-12-22(13-7-19)32(29,30)21-10-2-17(3-11-21)14-15-26-16-23(27)18-4-8-20(25)9-5-18/h2-13,23,26-27H,14-16H2,1H3/t23-/m1/s1. The van der Waals surface area contributed by atoms with Gasteiger partial charge in [-0.3, -0.25) is 0 Å². The molecular weight excluding hydrogens is 450 g/mol. The molecular formula is C24H24ClNO5S. The van der Waals surface area contributed by atoms with E-state index in [-0.39, 0.29) is 15.4 Å². The number of benzene rings is 3. The Kier molecular flexibility index (Phi) is 8.04. The fourth-order valence-corrected chi connectivity index (χ4v) is 4.52. The van der Waals surface area contributed by atoms with Gasteiger partial charge >= 0.3 is 5.97 Å². The van der Waals surface area contributed by atoms with Crippen LogP contribution in [0.2, 0.25) is 5.02 Å². The number of sulfone groups is 1. The van der Waals surface area contributed by atoms with Crippen molar-refractivity contribution in [2.45, 2.75) is 22.3 Å². The van der Waals surface area contributed by atoms with Crippen LogP contribution < -0.4 is 5.32 Å². The number of halogens is 1. The number of aliphatic hydroxyl groups is 1. The molecule has 3 rings (SSSR count). The number of esters is 1. The van der Waals surface area contributed by atoms with Crippen LogP contribution in [-0.2, 0) is 21.0 Å². The van der Waals surface area contributed by atoms with Gasteiger partial charge in [0.1, 0.15) is 0 Å². The van der Waals surface area contributed by atoms with Gasteiger partial charge in [-0.25, -0.2) is 13.2 Å². The lowest BCUT2D eigenvalue weighted by molar-refractivity contribution is 0.0600. The lowest BCUT2D eigenvalue weighted by atomic mass is 10.1. The largest absolute Gasteiger partial charge is 0.465 e. The van der Waals surface area contributed by atoms with E-state index in [1.54, 1.807) is 48.5 Å². The first-order valence-electron chi connectivity index (χ1n) is 9.98. The Morgan fingerprint density at radius 1 is 0.969 bits per heavy atom. The number of aliphatic hydroxyl groups excluding tert-OH is 1. The van der Waals surface area contributed by atoms with Crippen LogP contribution in [0, 0.1) is 0 Å². The molecule has 0 aliphatic carbocycles. The molecule has 0 aliphatic rings. The predicted octanol–water partition coefficient (Wildman–Crippen LogP) is 3.83. The highest BCUT2D eigenvalue weighted by atomic mass is 35.5. The summed E-state index contributed by atoms with van der Waals surface area (Å²) in [5.74, 6) is -0.521. The van der Waals surface area contributed by atoms with Gasteiger partial charge in [-0.05, 0) is 72.6 Å². The monoisotopic (exact) mass is 473 g/mol. The molecule has 1 atom stereocenters. The van der Waals surface area contributed by atoms with Gasteiger partial charge in [0, 0.05) is 11.6 Å². The van der Waals surface area contributed by atoms with Gasteiger partial charge in [0.25, 0.3) is 0 Å². The molecule has 6 nitrogen and oxygen atoms in total. The van der Waals surface area contributed by atoms with Crippen LogP contribution in [0.15, 0.2) is 82.6 Å². The van der Waals surface area contributed by atoms with Crippen LogP contribution in [0.25, 0.3) is 0 Å². The van der Waals surface area contributed by atoms with Gasteiger partial charge in [0.05, 0.1) is 28.6 Å². The van der Waals surface area contributed by atoms with E-state index in [4.69, 9.17) is 11.6 Å². The summed E-state index contributed by atoms with van der Waals surface area (Å²) in [6.45, 7) is 1.03. The highest BCUT2D eigenvalue weighted by Gasteiger charge is 2.18. The van der Waals surface area contributed by atoms with Crippen LogP contribution in [0.4, 0.5) is 0 Å².